The van der Waals surface area contributed by atoms with Gasteiger partial charge in [-0.3, -0.25) is 9.48 Å². The molecule has 2 N–H and O–H groups in total. The lowest BCUT2D eigenvalue weighted by atomic mass is 10.2. The Morgan fingerprint density at radius 1 is 1.27 bits per heavy atom. The van der Waals surface area contributed by atoms with E-state index < -0.39 is 0 Å². The van der Waals surface area contributed by atoms with Crippen LogP contribution in [-0.4, -0.2) is 24.8 Å². The molecule has 0 bridgehead atoms. The molecule has 0 fully saturated rings. The van der Waals surface area contributed by atoms with E-state index in [-0.39, 0.29) is 5.56 Å². The van der Waals surface area contributed by atoms with Crippen molar-refractivity contribution in [2.75, 3.05) is 5.73 Å². The molecule has 0 amide bonds. The largest absolute Gasteiger partial charge is 0.390 e. The second-order valence-corrected chi connectivity index (χ2v) is 7.15. The van der Waals surface area contributed by atoms with Crippen LogP contribution in [0.3, 0.4) is 0 Å². The van der Waals surface area contributed by atoms with Crippen molar-refractivity contribution >= 4 is 38.7 Å². The van der Waals surface area contributed by atoms with E-state index in [0.717, 1.165) is 13.0 Å². The average Bonchev–Trinajstić information content (AvgIpc) is 3.24. The van der Waals surface area contributed by atoms with Gasteiger partial charge in [-0.2, -0.15) is 9.78 Å². The van der Waals surface area contributed by atoms with Crippen molar-refractivity contribution in [2.24, 2.45) is 0 Å². The van der Waals surface area contributed by atoms with E-state index in [1.165, 1.54) is 16.0 Å². The molecule has 0 saturated heterocycles. The quantitative estimate of drug-likeness (QED) is 0.580. The molecular formula is C17H15ClN6OS. The Morgan fingerprint density at radius 3 is 2.77 bits per heavy atom. The highest BCUT2D eigenvalue weighted by Crippen LogP contribution is 2.31. The predicted octanol–water partition coefficient (Wildman–Crippen LogP) is 3.35. The molecule has 1 aromatic carbocycles. The summed E-state index contributed by atoms with van der Waals surface area (Å²) in [5.74, 6) is 0. The van der Waals surface area contributed by atoms with E-state index in [1.807, 2.05) is 11.6 Å². The molecule has 4 aromatic rings. The number of aryl methyl sites for hydroxylation is 1. The topological polar surface area (TPSA) is 91.6 Å². The van der Waals surface area contributed by atoms with Crippen LogP contribution in [-0.2, 0) is 6.54 Å². The van der Waals surface area contributed by atoms with Gasteiger partial charge in [0.25, 0.3) is 5.56 Å². The van der Waals surface area contributed by atoms with Crippen LogP contribution in [0.1, 0.15) is 13.3 Å². The van der Waals surface area contributed by atoms with Gasteiger partial charge in [-0.05, 0) is 30.7 Å². The summed E-state index contributed by atoms with van der Waals surface area (Å²) in [7, 11) is 0. The van der Waals surface area contributed by atoms with Gasteiger partial charge in [0.1, 0.15) is 11.4 Å². The van der Waals surface area contributed by atoms with Crippen LogP contribution < -0.4 is 11.3 Å². The Hall–Kier alpha value is -2.71. The fourth-order valence-corrected chi connectivity index (χ4v) is 3.68. The van der Waals surface area contributed by atoms with Gasteiger partial charge in [-0.25, -0.2) is 0 Å². The lowest BCUT2D eigenvalue weighted by Gasteiger charge is -2.08. The van der Waals surface area contributed by atoms with Crippen molar-refractivity contribution in [3.63, 3.8) is 0 Å². The molecule has 0 aliphatic rings. The second kappa shape index (κ2) is 6.54. The smallest absolute Gasteiger partial charge is 0.282 e. The fraction of sp³-hybridized carbons (Fsp3) is 0.176. The first kappa shape index (κ1) is 16.7. The molecule has 7 nitrogen and oxygen atoms in total. The van der Waals surface area contributed by atoms with Crippen LogP contribution in [0.5, 0.6) is 0 Å². The number of nitrogens with two attached hydrogens (primary N) is 1. The van der Waals surface area contributed by atoms with Gasteiger partial charge < -0.3 is 5.73 Å². The number of aromatic nitrogens is 5. The van der Waals surface area contributed by atoms with Crippen LogP contribution in [0.25, 0.3) is 27.8 Å². The summed E-state index contributed by atoms with van der Waals surface area (Å²) in [6, 6.07) is 6.90. The summed E-state index contributed by atoms with van der Waals surface area (Å²) in [6.45, 7) is 2.83. The molecule has 0 atom stereocenters. The summed E-state index contributed by atoms with van der Waals surface area (Å²) in [5.41, 5.74) is 7.57. The maximum atomic E-state index is 12.9. The first-order valence-corrected chi connectivity index (χ1v) is 9.30. The summed E-state index contributed by atoms with van der Waals surface area (Å²) in [6.07, 6.45) is 2.77. The molecule has 132 valence electrons. The molecule has 26 heavy (non-hydrogen) atoms. The minimum absolute atomic E-state index is 0.272. The van der Waals surface area contributed by atoms with Gasteiger partial charge in [-0.15, -0.1) is 16.4 Å². The van der Waals surface area contributed by atoms with Crippen molar-refractivity contribution in [3.8, 4) is 17.1 Å². The molecule has 9 heteroatoms. The van der Waals surface area contributed by atoms with Crippen molar-refractivity contribution in [2.45, 2.75) is 19.9 Å². The second-order valence-electron chi connectivity index (χ2n) is 5.80. The van der Waals surface area contributed by atoms with Crippen LogP contribution in [0, 0.1) is 0 Å². The van der Waals surface area contributed by atoms with Crippen LogP contribution in [0.2, 0.25) is 5.02 Å². The first-order chi connectivity index (χ1) is 12.6. The minimum atomic E-state index is -0.272. The molecule has 0 saturated carbocycles. The van der Waals surface area contributed by atoms with E-state index in [0.29, 0.717) is 37.9 Å². The SMILES string of the molecule is CCCn1cc(-c2nn(-c3ccc(Cl)cc3)c(=O)c3c(N)scc23)nn1. The molecule has 0 aliphatic heterocycles. The summed E-state index contributed by atoms with van der Waals surface area (Å²) >= 11 is 7.27. The summed E-state index contributed by atoms with van der Waals surface area (Å²) in [5, 5.41) is 16.9. The van der Waals surface area contributed by atoms with E-state index in [4.69, 9.17) is 17.3 Å². The Bertz CT molecular complexity index is 1140. The Labute approximate surface area is 157 Å². The number of anilines is 1. The lowest BCUT2D eigenvalue weighted by Crippen LogP contribution is -2.22. The van der Waals surface area contributed by atoms with Crippen LogP contribution in [0.4, 0.5) is 5.00 Å². The Balaban J connectivity index is 1.98. The van der Waals surface area contributed by atoms with Gasteiger partial charge in [0.2, 0.25) is 0 Å². The number of thiophene rings is 1. The number of nitrogen functional groups attached to an aromatic ring is 1. The van der Waals surface area contributed by atoms with Gasteiger partial charge in [0.15, 0.2) is 0 Å². The maximum absolute atomic E-state index is 12.9. The summed E-state index contributed by atoms with van der Waals surface area (Å²) in [4.78, 5) is 12.9. The molecule has 3 aromatic heterocycles. The Morgan fingerprint density at radius 2 is 2.04 bits per heavy atom. The molecule has 0 aliphatic carbocycles. The Kier molecular flexibility index (Phi) is 4.21. The van der Waals surface area contributed by atoms with E-state index in [9.17, 15) is 4.79 Å². The van der Waals surface area contributed by atoms with Gasteiger partial charge in [0, 0.05) is 22.3 Å². The standard InChI is InChI=1S/C17H15ClN6OS/c1-2-7-23-8-13(20-22-23)15-12-9-26-16(19)14(12)17(25)24(21-15)11-5-3-10(18)4-6-11/h3-6,8-9H,2,7,19H2,1H3. The lowest BCUT2D eigenvalue weighted by molar-refractivity contribution is 0.579. The zero-order valence-electron chi connectivity index (χ0n) is 13.9. The number of nitrogens with zero attached hydrogens (tertiary/aromatic N) is 5. The fourth-order valence-electron chi connectivity index (χ4n) is 2.76. The predicted molar refractivity (Wildman–Crippen MR) is 104 cm³/mol. The molecule has 0 unspecified atom stereocenters. The zero-order valence-corrected chi connectivity index (χ0v) is 15.5. The third-order valence-corrected chi connectivity index (χ3v) is 5.05. The van der Waals surface area contributed by atoms with Crippen molar-refractivity contribution < 1.29 is 0 Å². The average molecular weight is 387 g/mol. The van der Waals surface area contributed by atoms with E-state index in [2.05, 4.69) is 22.3 Å². The first-order valence-electron chi connectivity index (χ1n) is 8.05. The van der Waals surface area contributed by atoms with Crippen molar-refractivity contribution in [1.82, 2.24) is 24.8 Å². The molecule has 3 heterocycles. The van der Waals surface area contributed by atoms with Gasteiger partial charge >= 0.3 is 0 Å². The monoisotopic (exact) mass is 386 g/mol. The molecule has 0 spiro atoms. The van der Waals surface area contributed by atoms with Crippen LogP contribution >= 0.6 is 22.9 Å². The van der Waals surface area contributed by atoms with Gasteiger partial charge in [0.05, 0.1) is 22.3 Å². The minimum Gasteiger partial charge on any atom is -0.390 e. The molecule has 0 radical (unpaired) electrons. The molecular weight excluding hydrogens is 372 g/mol. The highest BCUT2D eigenvalue weighted by atomic mass is 35.5. The number of rotatable bonds is 4. The number of halogens is 1. The molecule has 4 rings (SSSR count). The maximum Gasteiger partial charge on any atom is 0.282 e. The van der Waals surface area contributed by atoms with Gasteiger partial charge in [-0.1, -0.05) is 23.7 Å². The zero-order chi connectivity index (χ0) is 18.3. The van der Waals surface area contributed by atoms with E-state index >= 15 is 0 Å². The highest BCUT2D eigenvalue weighted by Gasteiger charge is 2.19. The number of hydrogen-bond donors (Lipinski definition) is 1. The normalized spacial score (nSPS) is 11.3. The van der Waals surface area contributed by atoms with Crippen LogP contribution in [0.15, 0.2) is 40.6 Å². The third-order valence-electron chi connectivity index (χ3n) is 3.99. The number of benzene rings is 1. The van der Waals surface area contributed by atoms with Crippen molar-refractivity contribution in [3.05, 3.63) is 51.2 Å². The van der Waals surface area contributed by atoms with E-state index in [1.54, 1.807) is 28.9 Å². The summed E-state index contributed by atoms with van der Waals surface area (Å²) < 4.78 is 3.09. The highest BCUT2D eigenvalue weighted by molar-refractivity contribution is 7.15. The van der Waals surface area contributed by atoms with Crippen molar-refractivity contribution in [1.29, 1.82) is 0 Å². The number of fused-ring (bicyclic) bond motifs is 1. The number of hydrogen-bond acceptors (Lipinski definition) is 6. The third kappa shape index (κ3) is 2.77.